The minimum atomic E-state index is -0.373. The highest BCUT2D eigenvalue weighted by Gasteiger charge is 2.16. The van der Waals surface area contributed by atoms with Crippen LogP contribution >= 0.6 is 23.5 Å². The number of nitrogens with one attached hydrogen (secondary N) is 1. The van der Waals surface area contributed by atoms with Gasteiger partial charge in [-0.3, -0.25) is 4.79 Å². The molecule has 0 radical (unpaired) electrons. The Morgan fingerprint density at radius 2 is 1.88 bits per heavy atom. The van der Waals surface area contributed by atoms with Crippen molar-refractivity contribution in [1.29, 1.82) is 0 Å². The maximum absolute atomic E-state index is 13.2. The van der Waals surface area contributed by atoms with Gasteiger partial charge in [-0.25, -0.2) is 9.37 Å². The van der Waals surface area contributed by atoms with Crippen LogP contribution in [0.4, 0.5) is 4.39 Å². The number of nitrogens with zero attached hydrogens (tertiary/aromatic N) is 1. The quantitative estimate of drug-likeness (QED) is 0.464. The van der Waals surface area contributed by atoms with Gasteiger partial charge in [0.05, 0.1) is 4.58 Å². The second-order valence-electron chi connectivity index (χ2n) is 7.13. The van der Waals surface area contributed by atoms with Crippen LogP contribution < -0.4 is 14.8 Å². The summed E-state index contributed by atoms with van der Waals surface area (Å²) in [5.41, 5.74) is 2.10. The number of thioether (sulfide) groups is 2. The Kier molecular flexibility index (Phi) is 7.90. The lowest BCUT2D eigenvalue weighted by Gasteiger charge is -2.21. The molecule has 1 aliphatic heterocycles. The van der Waals surface area contributed by atoms with Gasteiger partial charge in [0.2, 0.25) is 5.88 Å². The Hall–Kier alpha value is -2.71. The first-order valence-electron chi connectivity index (χ1n) is 10.3. The monoisotopic (exact) mass is 470 g/mol. The second-order valence-corrected chi connectivity index (χ2v) is 9.85. The third kappa shape index (κ3) is 6.64. The number of hydrogen-bond donors (Lipinski definition) is 1. The molecule has 32 heavy (non-hydrogen) atoms. The third-order valence-corrected chi connectivity index (χ3v) is 7.67. The fourth-order valence-corrected chi connectivity index (χ4v) is 5.92. The fourth-order valence-electron chi connectivity index (χ4n) is 3.03. The summed E-state index contributed by atoms with van der Waals surface area (Å²) >= 11 is 3.95. The maximum Gasteiger partial charge on any atom is 0.258 e. The fraction of sp³-hybridized carbons (Fsp3) is 0.250. The number of ether oxygens (including phenoxy) is 2. The van der Waals surface area contributed by atoms with Crippen molar-refractivity contribution in [1.82, 2.24) is 10.3 Å². The Balaban J connectivity index is 1.20. The van der Waals surface area contributed by atoms with Crippen LogP contribution in [0.25, 0.3) is 0 Å². The number of aromatic nitrogens is 1. The zero-order chi connectivity index (χ0) is 22.2. The molecule has 1 fully saturated rings. The molecule has 0 saturated carbocycles. The summed E-state index contributed by atoms with van der Waals surface area (Å²) in [6.45, 7) is 0.269. The van der Waals surface area contributed by atoms with Crippen molar-refractivity contribution >= 4 is 29.4 Å². The first-order valence-corrected chi connectivity index (χ1v) is 12.4. The van der Waals surface area contributed by atoms with Gasteiger partial charge in [-0.15, -0.1) is 23.5 Å². The molecule has 1 aliphatic rings. The van der Waals surface area contributed by atoms with Crippen LogP contribution in [0.5, 0.6) is 17.4 Å². The molecule has 1 saturated heterocycles. The van der Waals surface area contributed by atoms with Crippen molar-refractivity contribution in [3.8, 4) is 17.4 Å². The van der Waals surface area contributed by atoms with Crippen LogP contribution in [0.2, 0.25) is 0 Å². The molecule has 3 aromatic rings. The first kappa shape index (κ1) is 22.5. The van der Waals surface area contributed by atoms with Gasteiger partial charge in [-0.05, 0) is 53.3 Å². The normalized spacial score (nSPS) is 14.0. The Morgan fingerprint density at radius 1 is 1.06 bits per heavy atom. The summed E-state index contributed by atoms with van der Waals surface area (Å²) in [6.07, 6.45) is 2.88. The Morgan fingerprint density at radius 3 is 2.59 bits per heavy atom. The molecule has 166 valence electrons. The number of hydrogen-bond acceptors (Lipinski definition) is 6. The van der Waals surface area contributed by atoms with Crippen LogP contribution in [0, 0.1) is 5.82 Å². The number of pyridine rings is 1. The maximum atomic E-state index is 13.2. The van der Waals surface area contributed by atoms with E-state index in [0.29, 0.717) is 28.5 Å². The summed E-state index contributed by atoms with van der Waals surface area (Å²) < 4.78 is 24.8. The van der Waals surface area contributed by atoms with E-state index in [1.54, 1.807) is 30.5 Å². The predicted molar refractivity (Wildman–Crippen MR) is 127 cm³/mol. The van der Waals surface area contributed by atoms with Gasteiger partial charge in [0, 0.05) is 24.9 Å². The third-order valence-electron chi connectivity index (χ3n) is 4.66. The van der Waals surface area contributed by atoms with Gasteiger partial charge in [0.25, 0.3) is 5.91 Å². The van der Waals surface area contributed by atoms with E-state index in [-0.39, 0.29) is 18.3 Å². The standard InChI is InChI=1S/C24H23FN2O3S2/c25-19-3-1-4-21(13-19)30-23-10-5-17(15-27-23)14-26-22(28)16-29-20-8-6-18(7-9-20)24-31-11-2-12-32-24/h1,3-10,13,15,24H,2,11-12,14,16H2,(H,26,28). The molecule has 5 nitrogen and oxygen atoms in total. The lowest BCUT2D eigenvalue weighted by atomic mass is 10.2. The molecule has 1 N–H and O–H groups in total. The molecule has 0 atom stereocenters. The summed E-state index contributed by atoms with van der Waals surface area (Å²) in [5, 5.41) is 2.81. The molecule has 1 amide bonds. The van der Waals surface area contributed by atoms with Gasteiger partial charge in [-0.1, -0.05) is 24.3 Å². The van der Waals surface area contributed by atoms with Gasteiger partial charge in [0.15, 0.2) is 6.61 Å². The molecule has 2 heterocycles. The number of carbonyl (C=O) groups is 1. The second kappa shape index (κ2) is 11.2. The van der Waals surface area contributed by atoms with Gasteiger partial charge >= 0.3 is 0 Å². The Bertz CT molecular complexity index is 1030. The van der Waals surface area contributed by atoms with E-state index in [2.05, 4.69) is 22.4 Å². The number of rotatable bonds is 8. The van der Waals surface area contributed by atoms with Crippen LogP contribution in [0.15, 0.2) is 66.9 Å². The molecule has 0 unspecified atom stereocenters. The van der Waals surface area contributed by atoms with Crippen molar-refractivity contribution < 1.29 is 18.7 Å². The van der Waals surface area contributed by atoms with Crippen molar-refractivity contribution in [2.45, 2.75) is 17.5 Å². The summed E-state index contributed by atoms with van der Waals surface area (Å²) in [5.74, 6) is 3.22. The van der Waals surface area contributed by atoms with E-state index in [1.165, 1.54) is 35.6 Å². The smallest absolute Gasteiger partial charge is 0.258 e. The molecule has 0 spiro atoms. The molecule has 4 rings (SSSR count). The number of amides is 1. The number of carbonyl (C=O) groups excluding carboxylic acids is 1. The molecule has 0 aliphatic carbocycles. The van der Waals surface area contributed by atoms with E-state index >= 15 is 0 Å². The van der Waals surface area contributed by atoms with E-state index in [1.807, 2.05) is 35.7 Å². The highest BCUT2D eigenvalue weighted by atomic mass is 32.2. The summed E-state index contributed by atoms with van der Waals surface area (Å²) in [4.78, 5) is 16.3. The average molecular weight is 471 g/mol. The molecular weight excluding hydrogens is 447 g/mol. The highest BCUT2D eigenvalue weighted by molar-refractivity contribution is 8.16. The number of halogens is 1. The zero-order valence-corrected chi connectivity index (χ0v) is 19.0. The largest absolute Gasteiger partial charge is 0.484 e. The minimum absolute atomic E-state index is 0.0551. The van der Waals surface area contributed by atoms with E-state index < -0.39 is 0 Å². The molecular formula is C24H23FN2O3S2. The molecule has 8 heteroatoms. The lowest BCUT2D eigenvalue weighted by Crippen LogP contribution is -2.28. The molecule has 2 aromatic carbocycles. The van der Waals surface area contributed by atoms with Gasteiger partial charge in [-0.2, -0.15) is 0 Å². The first-order chi connectivity index (χ1) is 15.7. The van der Waals surface area contributed by atoms with Crippen LogP contribution in [-0.4, -0.2) is 29.0 Å². The SMILES string of the molecule is O=C(COc1ccc(C2SCCCS2)cc1)NCc1ccc(Oc2cccc(F)c2)nc1. The van der Waals surface area contributed by atoms with Crippen LogP contribution in [0.1, 0.15) is 22.1 Å². The van der Waals surface area contributed by atoms with E-state index in [4.69, 9.17) is 9.47 Å². The number of benzene rings is 2. The van der Waals surface area contributed by atoms with Crippen molar-refractivity contribution in [2.24, 2.45) is 0 Å². The lowest BCUT2D eigenvalue weighted by molar-refractivity contribution is -0.123. The molecule has 1 aromatic heterocycles. The molecule has 0 bridgehead atoms. The topological polar surface area (TPSA) is 60.5 Å². The highest BCUT2D eigenvalue weighted by Crippen LogP contribution is 2.43. The summed E-state index contributed by atoms with van der Waals surface area (Å²) in [6, 6.07) is 17.3. The Labute approximate surface area is 195 Å². The van der Waals surface area contributed by atoms with Crippen molar-refractivity contribution in [3.05, 3.63) is 83.8 Å². The van der Waals surface area contributed by atoms with Crippen LogP contribution in [0.3, 0.4) is 0 Å². The van der Waals surface area contributed by atoms with Gasteiger partial charge in [0.1, 0.15) is 17.3 Å². The van der Waals surface area contributed by atoms with Crippen molar-refractivity contribution in [2.75, 3.05) is 18.1 Å². The zero-order valence-electron chi connectivity index (χ0n) is 17.3. The van der Waals surface area contributed by atoms with Crippen LogP contribution in [-0.2, 0) is 11.3 Å². The predicted octanol–water partition coefficient (Wildman–Crippen LogP) is 5.58. The van der Waals surface area contributed by atoms with E-state index in [9.17, 15) is 9.18 Å². The van der Waals surface area contributed by atoms with Gasteiger partial charge < -0.3 is 14.8 Å². The average Bonchev–Trinajstić information content (AvgIpc) is 2.83. The minimum Gasteiger partial charge on any atom is -0.484 e. The van der Waals surface area contributed by atoms with Crippen molar-refractivity contribution in [3.63, 3.8) is 0 Å². The summed E-state index contributed by atoms with van der Waals surface area (Å²) in [7, 11) is 0. The van der Waals surface area contributed by atoms with E-state index in [0.717, 1.165) is 5.56 Å².